The van der Waals surface area contributed by atoms with E-state index >= 15 is 0 Å². The van der Waals surface area contributed by atoms with Crippen molar-refractivity contribution in [1.29, 1.82) is 5.26 Å². The van der Waals surface area contributed by atoms with Crippen molar-refractivity contribution in [2.45, 2.75) is 26.7 Å². The van der Waals surface area contributed by atoms with E-state index in [-0.39, 0.29) is 11.7 Å². The molecule has 0 aromatic carbocycles. The number of Topliss-reactive ketones (excluding diaryl/α,β-unsaturated/α-hetero) is 1. The van der Waals surface area contributed by atoms with Gasteiger partial charge in [-0.15, -0.1) is 0 Å². The van der Waals surface area contributed by atoms with Gasteiger partial charge in [-0.05, 0) is 33.0 Å². The highest BCUT2D eigenvalue weighted by Gasteiger charge is 2.41. The molecule has 1 fully saturated rings. The summed E-state index contributed by atoms with van der Waals surface area (Å²) in [7, 11) is 2.03. The first kappa shape index (κ1) is 11.2. The van der Waals surface area contributed by atoms with Crippen molar-refractivity contribution in [1.82, 2.24) is 4.90 Å². The summed E-state index contributed by atoms with van der Waals surface area (Å²) in [6.45, 7) is 5.46. The van der Waals surface area contributed by atoms with Crippen LogP contribution in [0.3, 0.4) is 0 Å². The largest absolute Gasteiger partial charge is 0.306 e. The summed E-state index contributed by atoms with van der Waals surface area (Å²) in [5.41, 5.74) is -0.694. The highest BCUT2D eigenvalue weighted by molar-refractivity contribution is 5.89. The first-order valence-corrected chi connectivity index (χ1v) is 5.16. The second-order valence-electron chi connectivity index (χ2n) is 4.52. The Labute approximate surface area is 85.7 Å². The fraction of sp³-hybridized carbons (Fsp3) is 0.818. The molecule has 3 nitrogen and oxygen atoms in total. The Morgan fingerprint density at radius 1 is 1.43 bits per heavy atom. The highest BCUT2D eigenvalue weighted by atomic mass is 16.1. The maximum absolute atomic E-state index is 11.9. The zero-order chi connectivity index (χ0) is 10.8. The standard InChI is InChI=1S/C11H18N2O/c1-9(2)10(14)11(8-12)4-6-13(3)7-5-11/h9H,4-7H2,1-3H3. The molecule has 14 heavy (non-hydrogen) atoms. The molecule has 78 valence electrons. The molecule has 1 rings (SSSR count). The van der Waals surface area contributed by atoms with Crippen LogP contribution in [-0.2, 0) is 4.79 Å². The summed E-state index contributed by atoms with van der Waals surface area (Å²) in [5.74, 6) is 0.0890. The van der Waals surface area contributed by atoms with Crippen molar-refractivity contribution >= 4 is 5.78 Å². The van der Waals surface area contributed by atoms with Gasteiger partial charge >= 0.3 is 0 Å². The topological polar surface area (TPSA) is 44.1 Å². The van der Waals surface area contributed by atoms with E-state index in [2.05, 4.69) is 11.0 Å². The smallest absolute Gasteiger partial charge is 0.155 e. The van der Waals surface area contributed by atoms with E-state index in [1.807, 2.05) is 20.9 Å². The van der Waals surface area contributed by atoms with Crippen LogP contribution in [0.1, 0.15) is 26.7 Å². The van der Waals surface area contributed by atoms with E-state index in [1.54, 1.807) is 0 Å². The van der Waals surface area contributed by atoms with Gasteiger partial charge < -0.3 is 4.90 Å². The third kappa shape index (κ3) is 1.96. The van der Waals surface area contributed by atoms with Crippen LogP contribution in [0, 0.1) is 22.7 Å². The Bertz CT molecular complexity index is 257. The van der Waals surface area contributed by atoms with Crippen LogP contribution >= 0.6 is 0 Å². The van der Waals surface area contributed by atoms with Crippen LogP contribution in [0.15, 0.2) is 0 Å². The zero-order valence-corrected chi connectivity index (χ0v) is 9.21. The number of ketones is 1. The molecule has 0 radical (unpaired) electrons. The van der Waals surface area contributed by atoms with E-state index in [4.69, 9.17) is 5.26 Å². The van der Waals surface area contributed by atoms with E-state index in [1.165, 1.54) is 0 Å². The summed E-state index contributed by atoms with van der Waals surface area (Å²) in [5, 5.41) is 9.16. The number of piperidine rings is 1. The van der Waals surface area contributed by atoms with Gasteiger partial charge in [0.05, 0.1) is 6.07 Å². The average Bonchev–Trinajstić information content (AvgIpc) is 2.18. The van der Waals surface area contributed by atoms with Gasteiger partial charge in [0.2, 0.25) is 0 Å². The summed E-state index contributed by atoms with van der Waals surface area (Å²) >= 11 is 0. The molecule has 1 aliphatic heterocycles. The highest BCUT2D eigenvalue weighted by Crippen LogP contribution is 2.33. The monoisotopic (exact) mass is 194 g/mol. The zero-order valence-electron chi connectivity index (χ0n) is 9.21. The minimum absolute atomic E-state index is 0.0296. The molecule has 0 aromatic heterocycles. The lowest BCUT2D eigenvalue weighted by atomic mass is 9.73. The normalized spacial score (nSPS) is 21.9. The molecule has 1 heterocycles. The minimum atomic E-state index is -0.694. The SMILES string of the molecule is CC(C)C(=O)C1(C#N)CCN(C)CC1. The lowest BCUT2D eigenvalue weighted by molar-refractivity contribution is -0.131. The van der Waals surface area contributed by atoms with Gasteiger partial charge in [0.15, 0.2) is 5.78 Å². The maximum Gasteiger partial charge on any atom is 0.155 e. The Morgan fingerprint density at radius 2 is 1.93 bits per heavy atom. The number of likely N-dealkylation sites (tertiary alicyclic amines) is 1. The van der Waals surface area contributed by atoms with Crippen molar-refractivity contribution in [2.75, 3.05) is 20.1 Å². The number of nitriles is 1. The lowest BCUT2D eigenvalue weighted by Gasteiger charge is -2.35. The summed E-state index contributed by atoms with van der Waals surface area (Å²) < 4.78 is 0. The average molecular weight is 194 g/mol. The number of carbonyl (C=O) groups is 1. The predicted octanol–water partition coefficient (Wildman–Crippen LogP) is 1.45. The maximum atomic E-state index is 11.9. The molecule has 0 aromatic rings. The van der Waals surface area contributed by atoms with Crippen LogP contribution in [0.25, 0.3) is 0 Å². The Balaban J connectivity index is 2.79. The molecular formula is C11H18N2O. The van der Waals surface area contributed by atoms with Crippen molar-refractivity contribution in [3.8, 4) is 6.07 Å². The van der Waals surface area contributed by atoms with Crippen LogP contribution < -0.4 is 0 Å². The van der Waals surface area contributed by atoms with Crippen LogP contribution in [0.5, 0.6) is 0 Å². The van der Waals surface area contributed by atoms with Gasteiger partial charge in [-0.1, -0.05) is 13.8 Å². The van der Waals surface area contributed by atoms with E-state index in [9.17, 15) is 4.79 Å². The summed E-state index contributed by atoms with van der Waals surface area (Å²) in [4.78, 5) is 14.1. The number of nitrogens with zero attached hydrogens (tertiary/aromatic N) is 2. The Kier molecular flexibility index (Phi) is 3.28. The second kappa shape index (κ2) is 4.10. The van der Waals surface area contributed by atoms with Crippen LogP contribution in [0.4, 0.5) is 0 Å². The van der Waals surface area contributed by atoms with Gasteiger partial charge in [-0.3, -0.25) is 4.79 Å². The van der Waals surface area contributed by atoms with Crippen LogP contribution in [0.2, 0.25) is 0 Å². The number of rotatable bonds is 2. The molecule has 0 N–H and O–H groups in total. The molecule has 0 bridgehead atoms. The molecule has 0 atom stereocenters. The van der Waals surface area contributed by atoms with Crippen molar-refractivity contribution in [3.63, 3.8) is 0 Å². The van der Waals surface area contributed by atoms with E-state index in [0.717, 1.165) is 13.1 Å². The number of hydrogen-bond donors (Lipinski definition) is 0. The predicted molar refractivity (Wildman–Crippen MR) is 54.6 cm³/mol. The fourth-order valence-electron chi connectivity index (χ4n) is 1.97. The molecule has 0 spiro atoms. The summed E-state index contributed by atoms with van der Waals surface area (Å²) in [6, 6.07) is 2.24. The van der Waals surface area contributed by atoms with Crippen molar-refractivity contribution in [2.24, 2.45) is 11.3 Å². The molecule has 1 saturated heterocycles. The molecule has 0 aliphatic carbocycles. The Morgan fingerprint density at radius 3 is 2.29 bits per heavy atom. The van der Waals surface area contributed by atoms with E-state index in [0.29, 0.717) is 12.8 Å². The quantitative estimate of drug-likeness (QED) is 0.668. The fourth-order valence-corrected chi connectivity index (χ4v) is 1.97. The minimum Gasteiger partial charge on any atom is -0.306 e. The van der Waals surface area contributed by atoms with E-state index < -0.39 is 5.41 Å². The molecule has 3 heteroatoms. The lowest BCUT2D eigenvalue weighted by Crippen LogP contribution is -2.43. The molecular weight excluding hydrogens is 176 g/mol. The van der Waals surface area contributed by atoms with Gasteiger partial charge in [-0.2, -0.15) is 5.26 Å². The number of carbonyl (C=O) groups excluding carboxylic acids is 1. The molecule has 0 unspecified atom stereocenters. The van der Waals surface area contributed by atoms with Crippen molar-refractivity contribution in [3.05, 3.63) is 0 Å². The van der Waals surface area contributed by atoms with Crippen molar-refractivity contribution < 1.29 is 4.79 Å². The van der Waals surface area contributed by atoms with Crippen LogP contribution in [-0.4, -0.2) is 30.8 Å². The summed E-state index contributed by atoms with van der Waals surface area (Å²) in [6.07, 6.45) is 1.38. The third-order valence-electron chi connectivity index (χ3n) is 3.05. The van der Waals surface area contributed by atoms with Gasteiger partial charge in [0.25, 0.3) is 0 Å². The molecule has 0 amide bonds. The second-order valence-corrected chi connectivity index (χ2v) is 4.52. The van der Waals surface area contributed by atoms with Gasteiger partial charge in [0.1, 0.15) is 5.41 Å². The molecule has 1 aliphatic rings. The number of hydrogen-bond acceptors (Lipinski definition) is 3. The first-order valence-electron chi connectivity index (χ1n) is 5.16. The van der Waals surface area contributed by atoms with Gasteiger partial charge in [0, 0.05) is 5.92 Å². The first-order chi connectivity index (χ1) is 6.52. The Hall–Kier alpha value is -0.880. The molecule has 0 saturated carbocycles. The van der Waals surface area contributed by atoms with Gasteiger partial charge in [-0.25, -0.2) is 0 Å². The third-order valence-corrected chi connectivity index (χ3v) is 3.05.